The number of rotatable bonds is 3. The Morgan fingerprint density at radius 1 is 1.05 bits per heavy atom. The summed E-state index contributed by atoms with van der Waals surface area (Å²) >= 11 is 17.7. The molecule has 0 bridgehead atoms. The van der Waals surface area contributed by atoms with Gasteiger partial charge in [-0.1, -0.05) is 34.8 Å². The number of carbonyl (C=O) groups excluding carboxylic acids is 1. The van der Waals surface area contributed by atoms with E-state index in [1.807, 2.05) is 0 Å². The summed E-state index contributed by atoms with van der Waals surface area (Å²) in [6.07, 6.45) is 0. The molecule has 98 valence electrons. The molecule has 0 spiro atoms. The molecular formula is C14H9Cl3O2. The van der Waals surface area contributed by atoms with Crippen molar-refractivity contribution < 1.29 is 12.3 Å². The largest absolute Gasteiger partial charge is 0.455 e. The number of hydrogen-bond donors (Lipinski definition) is 0. The molecule has 0 radical (unpaired) electrons. The summed E-state index contributed by atoms with van der Waals surface area (Å²) in [5, 5.41) is 1.05. The third-order valence-electron chi connectivity index (χ3n) is 2.32. The molecule has 0 N–H and O–H groups in total. The Kier molecular flexibility index (Phi) is 3.56. The van der Waals surface area contributed by atoms with E-state index in [-0.39, 0.29) is 16.3 Å². The van der Waals surface area contributed by atoms with Gasteiger partial charge in [-0.3, -0.25) is 4.79 Å². The van der Waals surface area contributed by atoms with Gasteiger partial charge in [0.1, 0.15) is 11.5 Å². The maximum atomic E-state index is 11.9. The van der Waals surface area contributed by atoms with Crippen LogP contribution in [-0.4, -0.2) is 5.78 Å². The lowest BCUT2D eigenvalue weighted by Gasteiger charge is -2.11. The molecule has 0 atom stereocenters. The van der Waals surface area contributed by atoms with E-state index in [0.29, 0.717) is 15.8 Å². The Morgan fingerprint density at radius 2 is 1.68 bits per heavy atom. The monoisotopic (exact) mass is 316 g/mol. The van der Waals surface area contributed by atoms with Crippen LogP contribution in [0, 0.1) is 0 Å². The van der Waals surface area contributed by atoms with Crippen LogP contribution in [0.15, 0.2) is 36.4 Å². The molecule has 0 amide bonds. The first-order valence-electron chi connectivity index (χ1n) is 6.35. The van der Waals surface area contributed by atoms with E-state index in [1.54, 1.807) is 18.2 Å². The minimum Gasteiger partial charge on any atom is -0.455 e. The predicted octanol–water partition coefficient (Wildman–Crippen LogP) is 5.64. The van der Waals surface area contributed by atoms with Gasteiger partial charge in [0.2, 0.25) is 0 Å². The topological polar surface area (TPSA) is 26.3 Å². The lowest BCUT2D eigenvalue weighted by Crippen LogP contribution is -1.97. The average Bonchev–Trinajstić information content (AvgIpc) is 2.42. The number of carbonyl (C=O) groups is 1. The highest BCUT2D eigenvalue weighted by molar-refractivity contribution is 6.35. The lowest BCUT2D eigenvalue weighted by atomic mass is 10.1. The first kappa shape index (κ1) is 11.6. The van der Waals surface area contributed by atoms with E-state index >= 15 is 0 Å². The summed E-state index contributed by atoms with van der Waals surface area (Å²) < 4.78 is 20.0. The van der Waals surface area contributed by atoms with Gasteiger partial charge in [0, 0.05) is 12.8 Å². The molecular weight excluding hydrogens is 307 g/mol. The van der Waals surface area contributed by atoms with Crippen LogP contribution in [0.1, 0.15) is 20.0 Å². The minimum absolute atomic E-state index is 0.0588. The van der Waals surface area contributed by atoms with Crippen LogP contribution >= 0.6 is 34.8 Å². The highest BCUT2D eigenvalue weighted by Crippen LogP contribution is 2.34. The molecule has 0 aliphatic rings. The quantitative estimate of drug-likeness (QED) is 0.685. The number of ether oxygens (including phenoxy) is 1. The number of hydrogen-bond acceptors (Lipinski definition) is 2. The highest BCUT2D eigenvalue weighted by Gasteiger charge is 2.12. The Bertz CT molecular complexity index is 690. The van der Waals surface area contributed by atoms with Crippen molar-refractivity contribution in [2.24, 2.45) is 0 Å². The first-order chi connectivity index (χ1) is 9.88. The van der Waals surface area contributed by atoms with Crippen LogP contribution in [0.2, 0.25) is 15.1 Å². The second-order valence-electron chi connectivity index (χ2n) is 3.68. The van der Waals surface area contributed by atoms with Crippen LogP contribution in [0.25, 0.3) is 0 Å². The van der Waals surface area contributed by atoms with Crippen LogP contribution < -0.4 is 4.74 Å². The fourth-order valence-electron chi connectivity index (χ4n) is 1.46. The van der Waals surface area contributed by atoms with Gasteiger partial charge in [0.15, 0.2) is 5.78 Å². The van der Waals surface area contributed by atoms with Crippen molar-refractivity contribution in [3.8, 4) is 11.5 Å². The van der Waals surface area contributed by atoms with Crippen LogP contribution in [-0.2, 0) is 0 Å². The zero-order valence-electron chi connectivity index (χ0n) is 11.5. The van der Waals surface area contributed by atoms with Gasteiger partial charge >= 0.3 is 0 Å². The molecule has 0 saturated carbocycles. The SMILES string of the molecule is [2H]C([2H])C(=O)c1cc(Cl)ccc1Oc1ccc(Cl)cc1Cl. The molecule has 0 aromatic heterocycles. The second kappa shape index (κ2) is 5.83. The van der Waals surface area contributed by atoms with Gasteiger partial charge in [-0.25, -0.2) is 0 Å². The van der Waals surface area contributed by atoms with E-state index in [4.69, 9.17) is 42.3 Å². The molecule has 19 heavy (non-hydrogen) atoms. The van der Waals surface area contributed by atoms with Gasteiger partial charge in [-0.05, 0) is 43.3 Å². The fraction of sp³-hybridized carbons (Fsp3) is 0.0714. The van der Waals surface area contributed by atoms with Crippen molar-refractivity contribution >= 4 is 40.6 Å². The van der Waals surface area contributed by atoms with Gasteiger partial charge in [0.25, 0.3) is 0 Å². The van der Waals surface area contributed by atoms with Gasteiger partial charge < -0.3 is 4.74 Å². The zero-order valence-corrected chi connectivity index (χ0v) is 11.8. The van der Waals surface area contributed by atoms with E-state index in [9.17, 15) is 4.79 Å². The van der Waals surface area contributed by atoms with Crippen LogP contribution in [0.5, 0.6) is 11.5 Å². The average molecular weight is 318 g/mol. The van der Waals surface area contributed by atoms with Crippen molar-refractivity contribution in [1.82, 2.24) is 0 Å². The molecule has 2 nitrogen and oxygen atoms in total. The zero-order chi connectivity index (χ0) is 15.6. The third kappa shape index (κ3) is 3.41. The third-order valence-corrected chi connectivity index (χ3v) is 3.09. The predicted molar refractivity (Wildman–Crippen MR) is 78.0 cm³/mol. The normalized spacial score (nSPS) is 12.0. The smallest absolute Gasteiger partial charge is 0.163 e. The standard InChI is InChI=1S/C14H9Cl3O2/c1-8(18)11-6-9(15)2-4-13(11)19-14-5-3-10(16)7-12(14)17/h2-7H,1H3/i1D2. The summed E-state index contributed by atoms with van der Waals surface area (Å²) in [7, 11) is 0. The molecule has 0 aliphatic carbocycles. The summed E-state index contributed by atoms with van der Waals surface area (Å²) in [4.78, 5) is 11.9. The van der Waals surface area contributed by atoms with Gasteiger partial charge in [-0.2, -0.15) is 0 Å². The summed E-state index contributed by atoms with van der Waals surface area (Å²) in [6, 6.07) is 9.06. The molecule has 0 saturated heterocycles. The van der Waals surface area contributed by atoms with E-state index < -0.39 is 12.7 Å². The highest BCUT2D eigenvalue weighted by atomic mass is 35.5. The second-order valence-corrected chi connectivity index (χ2v) is 4.96. The van der Waals surface area contributed by atoms with Gasteiger partial charge in [0.05, 0.1) is 10.6 Å². The van der Waals surface area contributed by atoms with E-state index in [0.717, 1.165) is 0 Å². The van der Waals surface area contributed by atoms with Crippen molar-refractivity contribution in [2.45, 2.75) is 6.88 Å². The Balaban J connectivity index is 2.42. The number of Topliss-reactive ketones (excluding diaryl/α,β-unsaturated/α-hetero) is 1. The van der Waals surface area contributed by atoms with E-state index in [2.05, 4.69) is 0 Å². The molecule has 0 heterocycles. The Morgan fingerprint density at radius 3 is 2.32 bits per heavy atom. The van der Waals surface area contributed by atoms with Gasteiger partial charge in [-0.15, -0.1) is 0 Å². The maximum absolute atomic E-state index is 11.9. The molecule has 5 heteroatoms. The van der Waals surface area contributed by atoms with Crippen LogP contribution in [0.3, 0.4) is 0 Å². The van der Waals surface area contributed by atoms with Crippen molar-refractivity contribution in [1.29, 1.82) is 0 Å². The number of halogens is 3. The Hall–Kier alpha value is -1.22. The first-order valence-corrected chi connectivity index (χ1v) is 6.33. The maximum Gasteiger partial charge on any atom is 0.163 e. The fourth-order valence-corrected chi connectivity index (χ4v) is 2.08. The summed E-state index contributed by atoms with van der Waals surface area (Å²) in [5.41, 5.74) is 0.0588. The molecule has 2 aromatic carbocycles. The molecule has 0 unspecified atom stereocenters. The van der Waals surface area contributed by atoms with Crippen LogP contribution in [0.4, 0.5) is 0 Å². The molecule has 2 rings (SSSR count). The number of ketones is 1. The van der Waals surface area contributed by atoms with Crippen molar-refractivity contribution in [2.75, 3.05) is 0 Å². The molecule has 0 fully saturated rings. The summed E-state index contributed by atoms with van der Waals surface area (Å²) in [6.45, 7) is -1.66. The van der Waals surface area contributed by atoms with E-state index in [1.165, 1.54) is 18.2 Å². The number of benzene rings is 2. The lowest BCUT2D eigenvalue weighted by molar-refractivity contribution is 0.101. The Labute approximate surface area is 128 Å². The van der Waals surface area contributed by atoms with Crippen molar-refractivity contribution in [3.05, 3.63) is 57.0 Å². The summed E-state index contributed by atoms with van der Waals surface area (Å²) in [5.74, 6) is -0.223. The molecule has 0 aliphatic heterocycles. The minimum atomic E-state index is -1.66. The van der Waals surface area contributed by atoms with Crippen molar-refractivity contribution in [3.63, 3.8) is 0 Å². The molecule has 2 aromatic rings.